The van der Waals surface area contributed by atoms with E-state index < -0.39 is 0 Å². The molecule has 0 atom stereocenters. The van der Waals surface area contributed by atoms with Gasteiger partial charge in [0.1, 0.15) is 0 Å². The van der Waals surface area contributed by atoms with Crippen molar-refractivity contribution in [2.45, 2.75) is 32.1 Å². The van der Waals surface area contributed by atoms with Crippen molar-refractivity contribution in [2.24, 2.45) is 0 Å². The minimum Gasteiger partial charge on any atom is -0.297 e. The van der Waals surface area contributed by atoms with E-state index in [1.54, 1.807) is 23.7 Å². The second kappa shape index (κ2) is 7.11. The van der Waals surface area contributed by atoms with Gasteiger partial charge >= 0.3 is 0 Å². The van der Waals surface area contributed by atoms with Gasteiger partial charge in [-0.25, -0.2) is 4.68 Å². The summed E-state index contributed by atoms with van der Waals surface area (Å²) in [5, 5.41) is 4.83. The van der Waals surface area contributed by atoms with Gasteiger partial charge in [0.05, 0.1) is 10.5 Å². The van der Waals surface area contributed by atoms with E-state index in [-0.39, 0.29) is 0 Å². The van der Waals surface area contributed by atoms with Crippen LogP contribution in [-0.4, -0.2) is 31.3 Å². The molecule has 0 aromatic carbocycles. The lowest BCUT2D eigenvalue weighted by molar-refractivity contribution is 0.246. The van der Waals surface area contributed by atoms with Gasteiger partial charge in [0.2, 0.25) is 0 Å². The van der Waals surface area contributed by atoms with Crippen molar-refractivity contribution in [1.82, 2.24) is 24.2 Å². The maximum atomic E-state index is 5.73. The Bertz CT molecular complexity index is 926. The molecule has 4 rings (SSSR count). The van der Waals surface area contributed by atoms with Gasteiger partial charge in [-0.1, -0.05) is 0 Å². The summed E-state index contributed by atoms with van der Waals surface area (Å²) in [4.78, 5) is 7.65. The molecule has 1 saturated carbocycles. The predicted octanol–water partition coefficient (Wildman–Crippen LogP) is 4.72. The van der Waals surface area contributed by atoms with Crippen LogP contribution in [0.3, 0.4) is 0 Å². The number of halogens is 1. The molecule has 1 aliphatic carbocycles. The first-order valence-electron chi connectivity index (χ1n) is 8.14. The fourth-order valence-electron chi connectivity index (χ4n) is 2.85. The highest BCUT2D eigenvalue weighted by Gasteiger charge is 2.29. The number of hydrogen-bond donors (Lipinski definition) is 0. The van der Waals surface area contributed by atoms with Gasteiger partial charge in [0.25, 0.3) is 0 Å². The van der Waals surface area contributed by atoms with E-state index in [1.807, 2.05) is 16.8 Å². The SMILES string of the molecule is CN(Cc1ccc(Br)s1)Cn1nc(-c2ccncc2)n(C2CC2)c1=S. The Morgan fingerprint density at radius 2 is 2.04 bits per heavy atom. The molecule has 0 saturated heterocycles. The molecule has 130 valence electrons. The van der Waals surface area contributed by atoms with E-state index >= 15 is 0 Å². The van der Waals surface area contributed by atoms with Gasteiger partial charge in [-0.2, -0.15) is 5.10 Å². The molecule has 25 heavy (non-hydrogen) atoms. The van der Waals surface area contributed by atoms with Gasteiger partial charge in [-0.15, -0.1) is 11.3 Å². The van der Waals surface area contributed by atoms with E-state index in [4.69, 9.17) is 17.3 Å². The molecule has 3 aromatic rings. The second-order valence-electron chi connectivity index (χ2n) is 6.30. The third-order valence-corrected chi connectivity index (χ3v) is 6.17. The zero-order chi connectivity index (χ0) is 17.4. The summed E-state index contributed by atoms with van der Waals surface area (Å²) in [6.07, 6.45) is 5.96. The fourth-order valence-corrected chi connectivity index (χ4v) is 4.75. The minimum absolute atomic E-state index is 0.489. The van der Waals surface area contributed by atoms with Gasteiger partial charge in [0.15, 0.2) is 10.6 Å². The predicted molar refractivity (Wildman–Crippen MR) is 106 cm³/mol. The molecule has 1 aliphatic rings. The first kappa shape index (κ1) is 17.1. The van der Waals surface area contributed by atoms with Crippen LogP contribution in [-0.2, 0) is 13.2 Å². The summed E-state index contributed by atoms with van der Waals surface area (Å²) >= 11 is 11.0. The molecule has 0 spiro atoms. The van der Waals surface area contributed by atoms with Gasteiger partial charge in [-0.3, -0.25) is 14.5 Å². The zero-order valence-electron chi connectivity index (χ0n) is 13.8. The van der Waals surface area contributed by atoms with Gasteiger partial charge < -0.3 is 0 Å². The van der Waals surface area contributed by atoms with Gasteiger partial charge in [-0.05, 0) is 72.3 Å². The van der Waals surface area contributed by atoms with Crippen molar-refractivity contribution in [1.29, 1.82) is 0 Å². The molecule has 8 heteroatoms. The monoisotopic (exact) mass is 435 g/mol. The Morgan fingerprint density at radius 3 is 2.68 bits per heavy atom. The van der Waals surface area contributed by atoms with Crippen molar-refractivity contribution < 1.29 is 0 Å². The third kappa shape index (κ3) is 3.76. The van der Waals surface area contributed by atoms with Crippen LogP contribution in [0, 0.1) is 4.77 Å². The Kier molecular flexibility index (Phi) is 4.86. The fraction of sp³-hybridized carbons (Fsp3) is 0.353. The molecule has 3 heterocycles. The van der Waals surface area contributed by atoms with Crippen molar-refractivity contribution in [3.63, 3.8) is 0 Å². The summed E-state index contributed by atoms with van der Waals surface area (Å²) in [6, 6.07) is 8.71. The first-order chi connectivity index (χ1) is 12.1. The lowest BCUT2D eigenvalue weighted by Gasteiger charge is -2.15. The maximum Gasteiger partial charge on any atom is 0.199 e. The standard InChI is InChI=1S/C17H18BrN5S2/c1-21(10-14-4-5-15(18)25-14)11-22-17(24)23(13-2-3-13)16(20-22)12-6-8-19-9-7-12/h4-9,13H,2-3,10-11H2,1H3. The minimum atomic E-state index is 0.489. The average molecular weight is 436 g/mol. The maximum absolute atomic E-state index is 5.73. The number of thiophene rings is 1. The molecule has 0 N–H and O–H groups in total. The lowest BCUT2D eigenvalue weighted by Crippen LogP contribution is -2.22. The van der Waals surface area contributed by atoms with E-state index in [1.165, 1.54) is 17.7 Å². The van der Waals surface area contributed by atoms with E-state index in [2.05, 4.69) is 49.6 Å². The molecule has 5 nitrogen and oxygen atoms in total. The van der Waals surface area contributed by atoms with Crippen LogP contribution in [0.15, 0.2) is 40.4 Å². The van der Waals surface area contributed by atoms with Crippen LogP contribution in [0.4, 0.5) is 0 Å². The molecule has 1 fully saturated rings. The second-order valence-corrected chi connectivity index (χ2v) is 9.22. The Morgan fingerprint density at radius 1 is 1.28 bits per heavy atom. The molecule has 3 aromatic heterocycles. The summed E-state index contributed by atoms with van der Waals surface area (Å²) in [6.45, 7) is 1.55. The van der Waals surface area contributed by atoms with Crippen LogP contribution in [0.1, 0.15) is 23.8 Å². The number of aromatic nitrogens is 4. The Labute approximate surface area is 164 Å². The van der Waals surface area contributed by atoms with Gasteiger partial charge in [0, 0.05) is 35.4 Å². The highest BCUT2D eigenvalue weighted by molar-refractivity contribution is 9.11. The molecular weight excluding hydrogens is 418 g/mol. The largest absolute Gasteiger partial charge is 0.297 e. The molecule has 0 amide bonds. The number of pyridine rings is 1. The molecule has 0 bridgehead atoms. The van der Waals surface area contributed by atoms with E-state index in [9.17, 15) is 0 Å². The normalized spacial score (nSPS) is 14.4. The number of hydrogen-bond acceptors (Lipinski definition) is 5. The van der Waals surface area contributed by atoms with Crippen LogP contribution < -0.4 is 0 Å². The average Bonchev–Trinajstić information content (AvgIpc) is 3.28. The first-order valence-corrected chi connectivity index (χ1v) is 10.2. The van der Waals surface area contributed by atoms with Crippen LogP contribution in [0.25, 0.3) is 11.4 Å². The number of nitrogens with zero attached hydrogens (tertiary/aromatic N) is 5. The zero-order valence-corrected chi connectivity index (χ0v) is 17.0. The molecule has 0 radical (unpaired) electrons. The van der Waals surface area contributed by atoms with Crippen molar-refractivity contribution in [2.75, 3.05) is 7.05 Å². The van der Waals surface area contributed by atoms with E-state index in [0.717, 1.165) is 26.5 Å². The van der Waals surface area contributed by atoms with E-state index in [0.29, 0.717) is 12.7 Å². The van der Waals surface area contributed by atoms with Crippen molar-refractivity contribution in [3.8, 4) is 11.4 Å². The summed E-state index contributed by atoms with van der Waals surface area (Å²) in [5.74, 6) is 0.946. The van der Waals surface area contributed by atoms with Crippen molar-refractivity contribution >= 4 is 39.5 Å². The summed E-state index contributed by atoms with van der Waals surface area (Å²) in [7, 11) is 2.09. The third-order valence-electron chi connectivity index (χ3n) is 4.15. The van der Waals surface area contributed by atoms with Crippen LogP contribution in [0.2, 0.25) is 0 Å². The van der Waals surface area contributed by atoms with Crippen LogP contribution in [0.5, 0.6) is 0 Å². The molecular formula is C17H18BrN5S2. The van der Waals surface area contributed by atoms with Crippen molar-refractivity contribution in [3.05, 3.63) is 50.1 Å². The summed E-state index contributed by atoms with van der Waals surface area (Å²) in [5.41, 5.74) is 1.07. The Balaban J connectivity index is 1.60. The smallest absolute Gasteiger partial charge is 0.199 e. The number of rotatable bonds is 6. The van der Waals surface area contributed by atoms with Crippen LogP contribution >= 0.6 is 39.5 Å². The quantitative estimate of drug-likeness (QED) is 0.524. The molecule has 0 unspecified atom stereocenters. The topological polar surface area (TPSA) is 38.9 Å². The Hall–Kier alpha value is -1.35. The molecule has 0 aliphatic heterocycles. The highest BCUT2D eigenvalue weighted by Crippen LogP contribution is 2.38. The summed E-state index contributed by atoms with van der Waals surface area (Å²) < 4.78 is 6.10. The lowest BCUT2D eigenvalue weighted by atomic mass is 10.2. The highest BCUT2D eigenvalue weighted by atomic mass is 79.9.